The van der Waals surface area contributed by atoms with Crippen molar-refractivity contribution in [1.82, 2.24) is 36.9 Å². The van der Waals surface area contributed by atoms with Gasteiger partial charge < -0.3 is 53.9 Å². The molecule has 1 saturated heterocycles. The van der Waals surface area contributed by atoms with E-state index in [4.69, 9.17) is 17.2 Å². The van der Waals surface area contributed by atoms with Gasteiger partial charge in [-0.2, -0.15) is 0 Å². The van der Waals surface area contributed by atoms with Crippen molar-refractivity contribution in [2.24, 2.45) is 28.1 Å². The molecule has 1 aromatic heterocycles. The van der Waals surface area contributed by atoms with Crippen molar-refractivity contribution in [2.75, 3.05) is 31.1 Å². The number of aliphatic hydroxyl groups is 1. The van der Waals surface area contributed by atoms with Crippen molar-refractivity contribution in [3.05, 3.63) is 36.0 Å². The number of carbonyl (C=O) groups excluding carboxylic acids is 5. The van der Waals surface area contributed by atoms with Crippen LogP contribution in [0.2, 0.25) is 0 Å². The van der Waals surface area contributed by atoms with E-state index in [2.05, 4.69) is 41.9 Å². The molecule has 0 spiro atoms. The second-order valence-corrected chi connectivity index (χ2v) is 15.6. The highest BCUT2D eigenvalue weighted by atomic mass is 33.1. The molecular weight excluding hydrogens is 711 g/mol. The van der Waals surface area contributed by atoms with Crippen LogP contribution in [0.1, 0.15) is 45.6 Å². The molecule has 52 heavy (non-hydrogen) atoms. The largest absolute Gasteiger partial charge is 0.377 e. The van der Waals surface area contributed by atoms with Crippen molar-refractivity contribution in [2.45, 2.75) is 82.9 Å². The Hall–Kier alpha value is -4.04. The van der Waals surface area contributed by atoms with Crippen LogP contribution in [-0.2, 0) is 30.4 Å². The Balaban J connectivity index is 1.98. The summed E-state index contributed by atoms with van der Waals surface area (Å²) in [6.45, 7) is 5.81. The van der Waals surface area contributed by atoms with Gasteiger partial charge in [0.25, 0.3) is 0 Å². The fraction of sp³-hybridized carbons (Fsp3) is 0.576. The van der Waals surface area contributed by atoms with E-state index in [9.17, 15) is 29.1 Å². The number of H-pyrrole nitrogens is 1. The van der Waals surface area contributed by atoms with E-state index in [1.165, 1.54) is 28.5 Å². The third-order valence-electron chi connectivity index (χ3n) is 8.11. The highest BCUT2D eigenvalue weighted by molar-refractivity contribution is 8.76. The summed E-state index contributed by atoms with van der Waals surface area (Å²) >= 11 is 0. The van der Waals surface area contributed by atoms with Crippen LogP contribution in [0.25, 0.3) is 10.9 Å². The average Bonchev–Trinajstić information content (AvgIpc) is 3.48. The summed E-state index contributed by atoms with van der Waals surface area (Å²) in [4.78, 5) is 73.3. The molecule has 2 aromatic rings. The molecule has 1 aliphatic heterocycles. The zero-order valence-electron chi connectivity index (χ0n) is 29.8. The number of fused-ring (bicyclic) bond motifs is 1. The molecule has 1 aliphatic rings. The van der Waals surface area contributed by atoms with E-state index in [-0.39, 0.29) is 55.5 Å². The van der Waals surface area contributed by atoms with E-state index < -0.39 is 54.0 Å². The number of primary amides is 1. The van der Waals surface area contributed by atoms with E-state index in [0.29, 0.717) is 25.1 Å². The number of nitrogens with two attached hydrogens (primary N) is 3. The first kappa shape index (κ1) is 42.4. The summed E-state index contributed by atoms with van der Waals surface area (Å²) in [5.74, 6) is -2.33. The van der Waals surface area contributed by atoms with Crippen molar-refractivity contribution in [3.8, 4) is 0 Å². The number of β-amino-alcohol motifs (C(OH)–C–C–N with tert-alkyl or cyclic N) is 1. The number of nitrogens with zero attached hydrogens (tertiary/aromatic N) is 1. The van der Waals surface area contributed by atoms with Gasteiger partial charge in [-0.3, -0.25) is 34.3 Å². The van der Waals surface area contributed by atoms with Gasteiger partial charge >= 0.3 is 0 Å². The number of para-hydroxylation sites is 1. The van der Waals surface area contributed by atoms with Crippen LogP contribution < -0.4 is 49.1 Å². The number of hydrogen-bond donors (Lipinski definition) is 11. The summed E-state index contributed by atoms with van der Waals surface area (Å²) in [5.41, 5.74) is 18.3. The molecule has 1 fully saturated rings. The van der Waals surface area contributed by atoms with Crippen LogP contribution in [0.5, 0.6) is 0 Å². The third-order valence-corrected chi connectivity index (χ3v) is 10.6. The summed E-state index contributed by atoms with van der Waals surface area (Å²) in [5, 5.41) is 29.0. The van der Waals surface area contributed by atoms with Crippen molar-refractivity contribution in [3.63, 3.8) is 0 Å². The van der Waals surface area contributed by atoms with Gasteiger partial charge in [-0.15, -0.1) is 0 Å². The number of aromatic nitrogens is 1. The first-order valence-corrected chi connectivity index (χ1v) is 19.7. The predicted octanol–water partition coefficient (Wildman–Crippen LogP) is -1.48. The van der Waals surface area contributed by atoms with Gasteiger partial charge in [0, 0.05) is 61.6 Å². The highest BCUT2D eigenvalue weighted by Gasteiger charge is 2.32. The Morgan fingerprint density at radius 1 is 0.962 bits per heavy atom. The molecule has 1 aromatic carbocycles. The number of aliphatic imine (C=N–C) groups is 1. The van der Waals surface area contributed by atoms with Gasteiger partial charge in [0.05, 0.1) is 12.1 Å². The Morgan fingerprint density at radius 2 is 1.63 bits per heavy atom. The smallest absolute Gasteiger partial charge is 0.243 e. The van der Waals surface area contributed by atoms with E-state index in [0.717, 1.165) is 16.5 Å². The lowest BCUT2D eigenvalue weighted by Crippen LogP contribution is -2.59. The van der Waals surface area contributed by atoms with E-state index in [1.807, 2.05) is 38.1 Å². The molecule has 5 amide bonds. The molecule has 3 rings (SSSR count). The van der Waals surface area contributed by atoms with E-state index >= 15 is 0 Å². The molecule has 0 saturated carbocycles. The van der Waals surface area contributed by atoms with Crippen LogP contribution in [0, 0.1) is 5.92 Å². The second kappa shape index (κ2) is 21.5. The fourth-order valence-electron chi connectivity index (χ4n) is 5.61. The fourth-order valence-corrected chi connectivity index (χ4v) is 8.03. The number of aliphatic hydroxyl groups excluding tert-OH is 1. The maximum atomic E-state index is 14.0. The van der Waals surface area contributed by atoms with Gasteiger partial charge in [-0.05, 0) is 36.8 Å². The molecule has 0 bridgehead atoms. The number of carbonyl (C=O) groups is 5. The average molecular weight is 764 g/mol. The Labute approximate surface area is 311 Å². The van der Waals surface area contributed by atoms with Gasteiger partial charge in [-0.1, -0.05) is 53.6 Å². The lowest BCUT2D eigenvalue weighted by atomic mass is 10.0. The molecule has 0 radical (unpaired) electrons. The third kappa shape index (κ3) is 14.5. The zero-order valence-corrected chi connectivity index (χ0v) is 31.4. The topological polar surface area (TPSA) is 284 Å². The van der Waals surface area contributed by atoms with Crippen LogP contribution in [0.4, 0.5) is 0 Å². The monoisotopic (exact) mass is 763 g/mol. The summed E-state index contributed by atoms with van der Waals surface area (Å²) < 4.78 is 0. The molecule has 6 atom stereocenters. The van der Waals surface area contributed by atoms with Crippen LogP contribution in [0.15, 0.2) is 35.5 Å². The molecule has 0 aliphatic carbocycles. The summed E-state index contributed by atoms with van der Waals surface area (Å²) in [6.07, 6.45) is 1.44. The number of benzene rings is 1. The minimum atomic E-state index is -1.17. The molecular formula is C33H53N11O6S2. The molecule has 2 heterocycles. The van der Waals surface area contributed by atoms with Crippen LogP contribution in [0.3, 0.4) is 0 Å². The predicted molar refractivity (Wildman–Crippen MR) is 205 cm³/mol. The number of amides is 5. The standard InChI is InChI=1S/C33H53N11O6S2/c1-18(2)11-25-31(49)42-24(9-6-10-38-33(35)36)30(48)43-26(12-20-13-39-23-8-5-4-7-22(20)23)32(50)44-27(29(34)47)17-52-51-16-21(40-19(3)45)14-37-15-28(46)41-25/h4-5,7-8,13,18,21,24-28,37,39,41,46H,6,9-12,14-17H2,1-3H3,(H2,34,47)(H,40,45)(H,42,49)(H,43,48)(H,44,50)(H4,35,36,38)/t21-,24+,25?,26+,27+,28?/m1/s1. The first-order chi connectivity index (χ1) is 24.7. The Bertz CT molecular complexity index is 1540. The zero-order chi connectivity index (χ0) is 38.2. The Kier molecular flexibility index (Phi) is 17.5. The quantitative estimate of drug-likeness (QED) is 0.0572. The minimum Gasteiger partial charge on any atom is -0.377 e. The van der Waals surface area contributed by atoms with Crippen molar-refractivity contribution < 1.29 is 29.1 Å². The molecule has 2 unspecified atom stereocenters. The van der Waals surface area contributed by atoms with Gasteiger partial charge in [0.2, 0.25) is 29.5 Å². The lowest BCUT2D eigenvalue weighted by molar-refractivity contribution is -0.134. The maximum absolute atomic E-state index is 14.0. The number of hydrogen-bond acceptors (Lipinski definition) is 11. The normalized spacial score (nSPS) is 24.7. The summed E-state index contributed by atoms with van der Waals surface area (Å²) in [6, 6.07) is 2.92. The van der Waals surface area contributed by atoms with Crippen molar-refractivity contribution in [1.29, 1.82) is 0 Å². The van der Waals surface area contributed by atoms with Gasteiger partial charge in [0.1, 0.15) is 24.4 Å². The number of aromatic amines is 1. The number of guanidine groups is 1. The van der Waals surface area contributed by atoms with Gasteiger partial charge in [-0.25, -0.2) is 0 Å². The van der Waals surface area contributed by atoms with Crippen molar-refractivity contribution >= 4 is 68.0 Å². The molecule has 17 nitrogen and oxygen atoms in total. The van der Waals surface area contributed by atoms with E-state index in [1.54, 1.807) is 6.20 Å². The molecule has 14 N–H and O–H groups in total. The Morgan fingerprint density at radius 3 is 2.33 bits per heavy atom. The molecule has 19 heteroatoms. The highest BCUT2D eigenvalue weighted by Crippen LogP contribution is 2.23. The second-order valence-electron chi connectivity index (χ2n) is 13.1. The minimum absolute atomic E-state index is 0.0456. The number of nitrogens with one attached hydrogen (secondary N) is 7. The molecule has 288 valence electrons. The maximum Gasteiger partial charge on any atom is 0.243 e. The van der Waals surface area contributed by atoms with Crippen LogP contribution >= 0.6 is 21.6 Å². The lowest BCUT2D eigenvalue weighted by Gasteiger charge is -2.28. The number of rotatable bonds is 10. The SMILES string of the molecule is CC(=O)N[C@@H]1CNCC(O)NC(CC(C)C)C(=O)N[C@@H](CCCN=C(N)N)C(=O)N[C@@H](Cc2c[nH]c3ccccc23)C(=O)N[C@H](C(N)=O)CSSC1. The first-order valence-electron chi connectivity index (χ1n) is 17.2. The van der Waals surface area contributed by atoms with Crippen LogP contribution in [-0.4, -0.2) is 113 Å². The summed E-state index contributed by atoms with van der Waals surface area (Å²) in [7, 11) is 2.67. The van der Waals surface area contributed by atoms with Gasteiger partial charge in [0.15, 0.2) is 5.96 Å².